The number of nitrogens with zero attached hydrogens (tertiary/aromatic N) is 4. The number of aromatic nitrogens is 2. The lowest BCUT2D eigenvalue weighted by Gasteiger charge is -2.35. The lowest BCUT2D eigenvalue weighted by molar-refractivity contribution is 0.0146. The van der Waals surface area contributed by atoms with Crippen LogP contribution in [0.4, 0.5) is 4.79 Å². The Kier molecular flexibility index (Phi) is 6.01. The highest BCUT2D eigenvalue weighted by Gasteiger charge is 2.25. The molecule has 0 unspecified atom stereocenters. The lowest BCUT2D eigenvalue weighted by Crippen LogP contribution is -2.51. The molecule has 1 amide bonds. The van der Waals surface area contributed by atoms with Crippen molar-refractivity contribution in [2.75, 3.05) is 39.3 Å². The van der Waals surface area contributed by atoms with Crippen molar-refractivity contribution in [1.82, 2.24) is 24.9 Å². The molecule has 1 aromatic rings. The number of aryl methyl sites for hydroxylation is 1. The van der Waals surface area contributed by atoms with Crippen molar-refractivity contribution >= 4 is 6.09 Å². The third kappa shape index (κ3) is 5.84. The van der Waals surface area contributed by atoms with Crippen molar-refractivity contribution in [2.45, 2.75) is 32.9 Å². The van der Waals surface area contributed by atoms with Gasteiger partial charge in [0.05, 0.1) is 5.69 Å². The molecule has 1 aromatic heterocycles. The predicted octanol–water partition coefficient (Wildman–Crippen LogP) is 1.06. The van der Waals surface area contributed by atoms with Crippen LogP contribution in [0.5, 0.6) is 0 Å². The minimum atomic E-state index is -0.427. The van der Waals surface area contributed by atoms with Crippen LogP contribution in [0.25, 0.3) is 0 Å². The second kappa shape index (κ2) is 7.79. The molecule has 7 nitrogen and oxygen atoms in total. The van der Waals surface area contributed by atoms with E-state index in [2.05, 4.69) is 15.3 Å². The van der Waals surface area contributed by atoms with Gasteiger partial charge >= 0.3 is 6.09 Å². The molecule has 2 rings (SSSR count). The topological polar surface area (TPSA) is 62.6 Å². The standard InChI is InChI=1S/C16H29N5O2/c1-16(2,3)23-15(22)21-11-9-20(10-12-21)8-7-17-13-14-5-6-18-19(14)4/h5-6,17H,7-13H2,1-4H3. The van der Waals surface area contributed by atoms with Crippen LogP contribution in [0.3, 0.4) is 0 Å². The summed E-state index contributed by atoms with van der Waals surface area (Å²) in [6.07, 6.45) is 1.61. The van der Waals surface area contributed by atoms with Crippen molar-refractivity contribution in [2.24, 2.45) is 7.05 Å². The molecule has 0 spiro atoms. The van der Waals surface area contributed by atoms with Gasteiger partial charge in [-0.3, -0.25) is 9.58 Å². The number of hydrogen-bond acceptors (Lipinski definition) is 5. The van der Waals surface area contributed by atoms with Crippen molar-refractivity contribution in [3.8, 4) is 0 Å². The van der Waals surface area contributed by atoms with Crippen molar-refractivity contribution < 1.29 is 9.53 Å². The summed E-state index contributed by atoms with van der Waals surface area (Å²) in [4.78, 5) is 16.2. The van der Waals surface area contributed by atoms with E-state index in [1.54, 1.807) is 4.90 Å². The number of hydrogen-bond donors (Lipinski definition) is 1. The first-order valence-corrected chi connectivity index (χ1v) is 8.23. The van der Waals surface area contributed by atoms with E-state index in [9.17, 15) is 4.79 Å². The molecule has 1 aliphatic rings. The summed E-state index contributed by atoms with van der Waals surface area (Å²) in [5.74, 6) is 0. The Balaban J connectivity index is 1.61. The highest BCUT2D eigenvalue weighted by Crippen LogP contribution is 2.11. The Morgan fingerprint density at radius 2 is 2.00 bits per heavy atom. The van der Waals surface area contributed by atoms with Crippen LogP contribution < -0.4 is 5.32 Å². The van der Waals surface area contributed by atoms with Crippen LogP contribution in [0, 0.1) is 0 Å². The number of carbonyl (C=O) groups excluding carboxylic acids is 1. The van der Waals surface area contributed by atoms with Gasteiger partial charge in [-0.25, -0.2) is 4.79 Å². The highest BCUT2D eigenvalue weighted by atomic mass is 16.6. The first kappa shape index (κ1) is 17.7. The zero-order chi connectivity index (χ0) is 16.9. The average Bonchev–Trinajstić information content (AvgIpc) is 2.88. The second-order valence-corrected chi connectivity index (χ2v) is 6.93. The molecule has 23 heavy (non-hydrogen) atoms. The number of piperazine rings is 1. The molecule has 2 heterocycles. The van der Waals surface area contributed by atoms with Gasteiger partial charge < -0.3 is 15.0 Å². The van der Waals surface area contributed by atoms with Gasteiger partial charge in [-0.15, -0.1) is 0 Å². The zero-order valence-corrected chi connectivity index (χ0v) is 14.7. The zero-order valence-electron chi connectivity index (χ0n) is 14.7. The predicted molar refractivity (Wildman–Crippen MR) is 89.2 cm³/mol. The van der Waals surface area contributed by atoms with Gasteiger partial charge in [0.25, 0.3) is 0 Å². The molecule has 0 radical (unpaired) electrons. The summed E-state index contributed by atoms with van der Waals surface area (Å²) < 4.78 is 7.29. The van der Waals surface area contributed by atoms with Gasteiger partial charge in [-0.05, 0) is 26.8 Å². The Bertz CT molecular complexity index is 501. The summed E-state index contributed by atoms with van der Waals surface area (Å²) in [5, 5.41) is 7.59. The summed E-state index contributed by atoms with van der Waals surface area (Å²) in [6.45, 7) is 11.7. The van der Waals surface area contributed by atoms with E-state index >= 15 is 0 Å². The van der Waals surface area contributed by atoms with Crippen molar-refractivity contribution in [3.05, 3.63) is 18.0 Å². The van der Waals surface area contributed by atoms with Gasteiger partial charge in [0.2, 0.25) is 0 Å². The van der Waals surface area contributed by atoms with Crippen LogP contribution in [0.2, 0.25) is 0 Å². The quantitative estimate of drug-likeness (QED) is 0.821. The number of nitrogens with one attached hydrogen (secondary N) is 1. The van der Waals surface area contributed by atoms with Crippen molar-refractivity contribution in [3.63, 3.8) is 0 Å². The van der Waals surface area contributed by atoms with E-state index in [4.69, 9.17) is 4.74 Å². The summed E-state index contributed by atoms with van der Waals surface area (Å²) in [6, 6.07) is 2.02. The van der Waals surface area contributed by atoms with Crippen LogP contribution in [-0.4, -0.2) is 70.5 Å². The van der Waals surface area contributed by atoms with Gasteiger partial charge in [0.15, 0.2) is 0 Å². The SMILES string of the molecule is Cn1nccc1CNCCN1CCN(C(=O)OC(C)(C)C)CC1. The third-order valence-corrected chi connectivity index (χ3v) is 3.86. The molecule has 7 heteroatoms. The molecule has 0 aromatic carbocycles. The van der Waals surface area contributed by atoms with Crippen LogP contribution in [0.15, 0.2) is 12.3 Å². The highest BCUT2D eigenvalue weighted by molar-refractivity contribution is 5.68. The van der Waals surface area contributed by atoms with E-state index in [-0.39, 0.29) is 6.09 Å². The monoisotopic (exact) mass is 323 g/mol. The Morgan fingerprint density at radius 1 is 1.30 bits per heavy atom. The molecule has 1 N–H and O–H groups in total. The molecule has 1 saturated heterocycles. The molecule has 0 atom stereocenters. The fraction of sp³-hybridized carbons (Fsp3) is 0.750. The molecule has 0 saturated carbocycles. The molecule has 0 bridgehead atoms. The minimum Gasteiger partial charge on any atom is -0.444 e. The molecule has 0 aliphatic carbocycles. The van der Waals surface area contributed by atoms with Gasteiger partial charge in [-0.2, -0.15) is 5.10 Å². The van der Waals surface area contributed by atoms with Crippen molar-refractivity contribution in [1.29, 1.82) is 0 Å². The van der Waals surface area contributed by atoms with E-state index in [0.29, 0.717) is 0 Å². The number of carbonyl (C=O) groups is 1. The third-order valence-electron chi connectivity index (χ3n) is 3.86. The van der Waals surface area contributed by atoms with Gasteiger partial charge in [0.1, 0.15) is 5.60 Å². The fourth-order valence-electron chi connectivity index (χ4n) is 2.51. The molecule has 1 aliphatic heterocycles. The first-order chi connectivity index (χ1) is 10.8. The molecule has 1 fully saturated rings. The van der Waals surface area contributed by atoms with E-state index in [0.717, 1.165) is 45.8 Å². The Morgan fingerprint density at radius 3 is 2.57 bits per heavy atom. The minimum absolute atomic E-state index is 0.202. The average molecular weight is 323 g/mol. The van der Waals surface area contributed by atoms with E-state index in [1.165, 1.54) is 5.69 Å². The Labute approximate surface area is 138 Å². The number of ether oxygens (including phenoxy) is 1. The van der Waals surface area contributed by atoms with E-state index < -0.39 is 5.60 Å². The number of rotatable bonds is 5. The van der Waals surface area contributed by atoms with Gasteiger partial charge in [0, 0.05) is 59.1 Å². The maximum absolute atomic E-state index is 12.0. The largest absolute Gasteiger partial charge is 0.444 e. The summed E-state index contributed by atoms with van der Waals surface area (Å²) >= 11 is 0. The summed E-state index contributed by atoms with van der Waals surface area (Å²) in [5.41, 5.74) is 0.754. The van der Waals surface area contributed by atoms with Crippen LogP contribution in [-0.2, 0) is 18.3 Å². The van der Waals surface area contributed by atoms with Gasteiger partial charge in [-0.1, -0.05) is 0 Å². The van der Waals surface area contributed by atoms with Crippen LogP contribution in [0.1, 0.15) is 26.5 Å². The van der Waals surface area contributed by atoms with Crippen LogP contribution >= 0.6 is 0 Å². The molecule has 130 valence electrons. The van der Waals surface area contributed by atoms with E-state index in [1.807, 2.05) is 44.8 Å². The Hall–Kier alpha value is -1.60. The summed E-state index contributed by atoms with van der Waals surface area (Å²) in [7, 11) is 1.95. The maximum atomic E-state index is 12.0. The fourth-order valence-corrected chi connectivity index (χ4v) is 2.51. The second-order valence-electron chi connectivity index (χ2n) is 6.93. The first-order valence-electron chi connectivity index (χ1n) is 8.23. The normalized spacial score (nSPS) is 16.6. The number of amides is 1. The molecular weight excluding hydrogens is 294 g/mol. The lowest BCUT2D eigenvalue weighted by atomic mass is 10.2. The smallest absolute Gasteiger partial charge is 0.410 e. The molecular formula is C16H29N5O2. The maximum Gasteiger partial charge on any atom is 0.410 e.